The molecule has 3 N–H and O–H groups in total. The van der Waals surface area contributed by atoms with E-state index < -0.39 is 5.82 Å². The molecule has 0 bridgehead atoms. The van der Waals surface area contributed by atoms with E-state index in [1.165, 1.54) is 6.07 Å². The van der Waals surface area contributed by atoms with Crippen LogP contribution in [0.4, 0.5) is 4.39 Å². The summed E-state index contributed by atoms with van der Waals surface area (Å²) in [5.74, 6) is 5.14. The number of rotatable bonds is 5. The van der Waals surface area contributed by atoms with Crippen LogP contribution in [0.1, 0.15) is 11.1 Å². The van der Waals surface area contributed by atoms with Gasteiger partial charge >= 0.3 is 0 Å². The van der Waals surface area contributed by atoms with Crippen molar-refractivity contribution in [3.8, 4) is 0 Å². The van der Waals surface area contributed by atoms with Crippen LogP contribution in [0.25, 0.3) is 0 Å². The molecule has 0 radical (unpaired) electrons. The van der Waals surface area contributed by atoms with Crippen LogP contribution in [0.15, 0.2) is 42.7 Å². The normalized spacial score (nSPS) is 12.4. The molecule has 0 fully saturated rings. The van der Waals surface area contributed by atoms with E-state index in [0.717, 1.165) is 17.5 Å². The maximum atomic E-state index is 13.4. The summed E-state index contributed by atoms with van der Waals surface area (Å²) in [5, 5.41) is 0.133. The summed E-state index contributed by atoms with van der Waals surface area (Å²) in [6.45, 7) is 0. The minimum absolute atomic E-state index is 0.0183. The van der Waals surface area contributed by atoms with Gasteiger partial charge < -0.3 is 0 Å². The molecule has 2 aromatic rings. The average molecular weight is 280 g/mol. The average Bonchev–Trinajstić information content (AvgIpc) is 2.43. The van der Waals surface area contributed by atoms with Gasteiger partial charge in [-0.15, -0.1) is 0 Å². The van der Waals surface area contributed by atoms with E-state index in [1.54, 1.807) is 24.5 Å². The summed E-state index contributed by atoms with van der Waals surface area (Å²) in [5.41, 5.74) is 4.69. The van der Waals surface area contributed by atoms with Gasteiger partial charge in [-0.1, -0.05) is 23.7 Å². The van der Waals surface area contributed by atoms with Gasteiger partial charge in [0.05, 0.1) is 5.02 Å². The molecule has 0 aliphatic heterocycles. The Bertz CT molecular complexity index is 533. The van der Waals surface area contributed by atoms with Gasteiger partial charge in [0, 0.05) is 18.4 Å². The lowest BCUT2D eigenvalue weighted by atomic mass is 10.0. The number of nitrogens with one attached hydrogen (secondary N) is 1. The van der Waals surface area contributed by atoms with Gasteiger partial charge in [0.1, 0.15) is 5.82 Å². The second kappa shape index (κ2) is 6.61. The predicted octanol–water partition coefficient (Wildman–Crippen LogP) is 2.49. The molecular formula is C14H15ClFN3. The number of benzene rings is 1. The zero-order valence-corrected chi connectivity index (χ0v) is 11.1. The first kappa shape index (κ1) is 13.9. The monoisotopic (exact) mass is 279 g/mol. The number of hydrazine groups is 1. The van der Waals surface area contributed by atoms with Crippen LogP contribution in [0.3, 0.4) is 0 Å². The molecule has 0 saturated heterocycles. The number of pyridine rings is 1. The van der Waals surface area contributed by atoms with Gasteiger partial charge in [0.15, 0.2) is 0 Å². The van der Waals surface area contributed by atoms with E-state index in [0.29, 0.717) is 6.42 Å². The number of hydrogen-bond donors (Lipinski definition) is 2. The van der Waals surface area contributed by atoms with Crippen LogP contribution in [-0.4, -0.2) is 11.0 Å². The second-order valence-corrected chi connectivity index (χ2v) is 4.79. The van der Waals surface area contributed by atoms with Gasteiger partial charge in [-0.3, -0.25) is 16.3 Å². The number of halogens is 2. The van der Waals surface area contributed by atoms with Crippen LogP contribution >= 0.6 is 11.6 Å². The van der Waals surface area contributed by atoms with Gasteiger partial charge in [0.25, 0.3) is 0 Å². The highest BCUT2D eigenvalue weighted by Crippen LogP contribution is 2.17. The third kappa shape index (κ3) is 3.99. The molecule has 0 saturated carbocycles. The Hall–Kier alpha value is -1.49. The molecule has 2 rings (SSSR count). The molecule has 1 aromatic heterocycles. The molecule has 3 nitrogen and oxygen atoms in total. The van der Waals surface area contributed by atoms with Gasteiger partial charge in [-0.25, -0.2) is 4.39 Å². The van der Waals surface area contributed by atoms with Crippen molar-refractivity contribution in [1.29, 1.82) is 0 Å². The summed E-state index contributed by atoms with van der Waals surface area (Å²) < 4.78 is 13.4. The molecular weight excluding hydrogens is 265 g/mol. The predicted molar refractivity (Wildman–Crippen MR) is 74.2 cm³/mol. The van der Waals surface area contributed by atoms with E-state index in [4.69, 9.17) is 17.4 Å². The Labute approximate surface area is 116 Å². The Kier molecular flexibility index (Phi) is 4.85. The Morgan fingerprint density at radius 1 is 1.26 bits per heavy atom. The summed E-state index contributed by atoms with van der Waals surface area (Å²) in [6.07, 6.45) is 4.88. The first-order chi connectivity index (χ1) is 9.19. The first-order valence-electron chi connectivity index (χ1n) is 5.98. The number of nitrogens with zero attached hydrogens (tertiary/aromatic N) is 1. The quantitative estimate of drug-likeness (QED) is 0.653. The van der Waals surface area contributed by atoms with Crippen molar-refractivity contribution in [2.75, 3.05) is 0 Å². The second-order valence-electron chi connectivity index (χ2n) is 4.38. The topological polar surface area (TPSA) is 50.9 Å². The van der Waals surface area contributed by atoms with Gasteiger partial charge in [0.2, 0.25) is 0 Å². The summed E-state index contributed by atoms with van der Waals surface area (Å²) in [6, 6.07) is 8.69. The minimum atomic E-state index is -0.406. The highest BCUT2D eigenvalue weighted by atomic mass is 35.5. The Morgan fingerprint density at radius 3 is 2.68 bits per heavy atom. The van der Waals surface area contributed by atoms with Crippen LogP contribution in [0.5, 0.6) is 0 Å². The Balaban J connectivity index is 2.04. The molecule has 0 amide bonds. The number of hydrogen-bond acceptors (Lipinski definition) is 3. The summed E-state index contributed by atoms with van der Waals surface area (Å²) in [7, 11) is 0. The molecule has 19 heavy (non-hydrogen) atoms. The zero-order chi connectivity index (χ0) is 13.7. The fraction of sp³-hybridized carbons (Fsp3) is 0.214. The van der Waals surface area contributed by atoms with E-state index >= 15 is 0 Å². The SMILES string of the molecule is NNC(Cc1cccnc1)Cc1ccc(Cl)c(F)c1. The molecule has 5 heteroatoms. The maximum Gasteiger partial charge on any atom is 0.142 e. The molecule has 1 heterocycles. The summed E-state index contributed by atoms with van der Waals surface area (Å²) in [4.78, 5) is 4.06. The van der Waals surface area contributed by atoms with Crippen LogP contribution in [0, 0.1) is 5.82 Å². The van der Waals surface area contributed by atoms with E-state index in [2.05, 4.69) is 10.4 Å². The smallest absolute Gasteiger partial charge is 0.142 e. The summed E-state index contributed by atoms with van der Waals surface area (Å²) >= 11 is 5.66. The largest absolute Gasteiger partial charge is 0.271 e. The third-order valence-corrected chi connectivity index (χ3v) is 3.21. The van der Waals surface area contributed by atoms with Crippen molar-refractivity contribution in [2.24, 2.45) is 5.84 Å². The van der Waals surface area contributed by atoms with Crippen molar-refractivity contribution >= 4 is 11.6 Å². The van der Waals surface area contributed by atoms with Crippen molar-refractivity contribution in [3.05, 3.63) is 64.7 Å². The van der Waals surface area contributed by atoms with Crippen molar-refractivity contribution in [3.63, 3.8) is 0 Å². The van der Waals surface area contributed by atoms with Crippen molar-refractivity contribution in [1.82, 2.24) is 10.4 Å². The van der Waals surface area contributed by atoms with Crippen LogP contribution in [-0.2, 0) is 12.8 Å². The van der Waals surface area contributed by atoms with Crippen LogP contribution in [0.2, 0.25) is 5.02 Å². The van der Waals surface area contributed by atoms with Gasteiger partial charge in [-0.05, 0) is 42.2 Å². The maximum absolute atomic E-state index is 13.4. The van der Waals surface area contributed by atoms with Gasteiger partial charge in [-0.2, -0.15) is 0 Å². The van der Waals surface area contributed by atoms with Crippen LogP contribution < -0.4 is 11.3 Å². The molecule has 1 unspecified atom stereocenters. The molecule has 0 aliphatic rings. The van der Waals surface area contributed by atoms with E-state index in [1.807, 2.05) is 12.1 Å². The van der Waals surface area contributed by atoms with Crippen molar-refractivity contribution in [2.45, 2.75) is 18.9 Å². The standard InChI is InChI=1S/C14H15ClFN3/c15-13-4-3-10(8-14(13)16)6-12(19-17)7-11-2-1-5-18-9-11/h1-5,8-9,12,19H,6-7,17H2. The molecule has 0 spiro atoms. The fourth-order valence-corrected chi connectivity index (χ4v) is 2.06. The first-order valence-corrected chi connectivity index (χ1v) is 6.36. The fourth-order valence-electron chi connectivity index (χ4n) is 1.94. The highest BCUT2D eigenvalue weighted by molar-refractivity contribution is 6.30. The van der Waals surface area contributed by atoms with E-state index in [9.17, 15) is 4.39 Å². The number of nitrogens with two attached hydrogens (primary N) is 1. The lowest BCUT2D eigenvalue weighted by Crippen LogP contribution is -2.38. The zero-order valence-electron chi connectivity index (χ0n) is 10.3. The highest BCUT2D eigenvalue weighted by Gasteiger charge is 2.10. The lowest BCUT2D eigenvalue weighted by molar-refractivity contribution is 0.520. The van der Waals surface area contributed by atoms with E-state index in [-0.39, 0.29) is 11.1 Å². The number of aromatic nitrogens is 1. The molecule has 0 aliphatic carbocycles. The minimum Gasteiger partial charge on any atom is -0.271 e. The third-order valence-electron chi connectivity index (χ3n) is 2.91. The molecule has 100 valence electrons. The molecule has 1 aromatic carbocycles. The lowest BCUT2D eigenvalue weighted by Gasteiger charge is -2.16. The molecule has 1 atom stereocenters. The van der Waals surface area contributed by atoms with Crippen molar-refractivity contribution < 1.29 is 4.39 Å². The Morgan fingerprint density at radius 2 is 2.05 bits per heavy atom.